The maximum absolute atomic E-state index is 14.6. The van der Waals surface area contributed by atoms with E-state index in [1.807, 2.05) is 0 Å². The average molecular weight is 439 g/mol. The van der Waals surface area contributed by atoms with E-state index in [0.717, 1.165) is 6.04 Å². The standard InChI is InChI=1S/C18H20ClFN4O4Si/c1-29(2,3)8-7-27-11-23-10-14(20)15-16(23)21-18(19)22-17(15)28-13-6-4-5-12(9-13)24(25)26/h4-6,9-10H,7-8,11H2,1-3H3. The number of hydrogen-bond acceptors (Lipinski definition) is 6. The Hall–Kier alpha value is -2.56. The quantitative estimate of drug-likeness (QED) is 0.157. The second-order valence-corrected chi connectivity index (χ2v) is 13.6. The van der Waals surface area contributed by atoms with Crippen molar-refractivity contribution in [3.05, 3.63) is 51.7 Å². The van der Waals surface area contributed by atoms with Crippen LogP contribution in [0.15, 0.2) is 30.5 Å². The lowest BCUT2D eigenvalue weighted by Crippen LogP contribution is -2.22. The van der Waals surface area contributed by atoms with Gasteiger partial charge in [-0.25, -0.2) is 4.39 Å². The van der Waals surface area contributed by atoms with Crippen LogP contribution >= 0.6 is 11.6 Å². The highest BCUT2D eigenvalue weighted by atomic mass is 35.5. The Morgan fingerprint density at radius 1 is 1.31 bits per heavy atom. The van der Waals surface area contributed by atoms with Gasteiger partial charge in [0.15, 0.2) is 11.5 Å². The van der Waals surface area contributed by atoms with Gasteiger partial charge < -0.3 is 14.0 Å². The number of halogens is 2. The minimum Gasteiger partial charge on any atom is -0.438 e. The zero-order valence-electron chi connectivity index (χ0n) is 16.2. The van der Waals surface area contributed by atoms with Crippen molar-refractivity contribution in [3.8, 4) is 11.6 Å². The van der Waals surface area contributed by atoms with E-state index in [-0.39, 0.29) is 40.4 Å². The smallest absolute Gasteiger partial charge is 0.273 e. The summed E-state index contributed by atoms with van der Waals surface area (Å²) in [7, 11) is -1.24. The zero-order chi connectivity index (χ0) is 21.2. The summed E-state index contributed by atoms with van der Waals surface area (Å²) < 4.78 is 27.4. The van der Waals surface area contributed by atoms with Crippen molar-refractivity contribution in [2.75, 3.05) is 6.61 Å². The topological polar surface area (TPSA) is 92.3 Å². The van der Waals surface area contributed by atoms with E-state index in [0.29, 0.717) is 6.61 Å². The minimum absolute atomic E-state index is 0.0229. The molecule has 0 spiro atoms. The van der Waals surface area contributed by atoms with E-state index in [2.05, 4.69) is 29.6 Å². The van der Waals surface area contributed by atoms with Gasteiger partial charge >= 0.3 is 0 Å². The molecule has 0 unspecified atom stereocenters. The van der Waals surface area contributed by atoms with Gasteiger partial charge in [0.25, 0.3) is 5.69 Å². The van der Waals surface area contributed by atoms with Crippen LogP contribution < -0.4 is 4.74 Å². The highest BCUT2D eigenvalue weighted by molar-refractivity contribution is 6.76. The lowest BCUT2D eigenvalue weighted by Gasteiger charge is -2.15. The second-order valence-electron chi connectivity index (χ2n) is 7.65. The molecule has 0 aliphatic carbocycles. The Kier molecular flexibility index (Phi) is 6.15. The molecule has 0 saturated carbocycles. The number of hydrogen-bond donors (Lipinski definition) is 0. The molecule has 3 aromatic rings. The molecule has 0 amide bonds. The molecule has 11 heteroatoms. The van der Waals surface area contributed by atoms with Gasteiger partial charge in [0.05, 0.1) is 11.0 Å². The molecule has 2 aromatic heterocycles. The monoisotopic (exact) mass is 438 g/mol. The number of nitro groups is 1. The fourth-order valence-electron chi connectivity index (χ4n) is 2.57. The van der Waals surface area contributed by atoms with Crippen LogP contribution in [0.5, 0.6) is 11.6 Å². The van der Waals surface area contributed by atoms with Crippen molar-refractivity contribution in [2.45, 2.75) is 32.4 Å². The molecule has 0 atom stereocenters. The van der Waals surface area contributed by atoms with Gasteiger partial charge in [0.1, 0.15) is 17.9 Å². The van der Waals surface area contributed by atoms with Gasteiger partial charge in [-0.15, -0.1) is 0 Å². The van der Waals surface area contributed by atoms with E-state index in [9.17, 15) is 14.5 Å². The van der Waals surface area contributed by atoms with Crippen molar-refractivity contribution < 1.29 is 18.8 Å². The number of ether oxygens (including phenoxy) is 2. The summed E-state index contributed by atoms with van der Waals surface area (Å²) in [5.41, 5.74) is 0.0590. The molecule has 154 valence electrons. The number of fused-ring (bicyclic) bond motifs is 1. The molecule has 2 heterocycles. The first kappa shape index (κ1) is 21.2. The van der Waals surface area contributed by atoms with Crippen LogP contribution in [-0.4, -0.2) is 34.1 Å². The number of non-ortho nitro benzene ring substituents is 1. The number of nitrogens with zero attached hydrogens (tertiary/aromatic N) is 4. The number of aromatic nitrogens is 3. The van der Waals surface area contributed by atoms with Crippen LogP contribution in [0.3, 0.4) is 0 Å². The molecule has 29 heavy (non-hydrogen) atoms. The fourth-order valence-corrected chi connectivity index (χ4v) is 3.48. The first-order valence-electron chi connectivity index (χ1n) is 8.86. The normalized spacial score (nSPS) is 11.8. The van der Waals surface area contributed by atoms with E-state index < -0.39 is 18.8 Å². The third-order valence-corrected chi connectivity index (χ3v) is 5.95. The third kappa shape index (κ3) is 5.28. The van der Waals surface area contributed by atoms with Gasteiger partial charge in [-0.3, -0.25) is 10.1 Å². The predicted molar refractivity (Wildman–Crippen MR) is 110 cm³/mol. The van der Waals surface area contributed by atoms with Gasteiger partial charge in [-0.2, -0.15) is 9.97 Å². The van der Waals surface area contributed by atoms with Crippen LogP contribution in [0.1, 0.15) is 0 Å². The molecule has 0 fully saturated rings. The van der Waals surface area contributed by atoms with Crippen molar-refractivity contribution >= 4 is 36.4 Å². The molecule has 0 radical (unpaired) electrons. The lowest BCUT2D eigenvalue weighted by atomic mass is 10.3. The van der Waals surface area contributed by atoms with Gasteiger partial charge in [0.2, 0.25) is 11.2 Å². The van der Waals surface area contributed by atoms with Crippen molar-refractivity contribution in [1.29, 1.82) is 0 Å². The van der Waals surface area contributed by atoms with Crippen LogP contribution in [-0.2, 0) is 11.5 Å². The van der Waals surface area contributed by atoms with E-state index in [1.165, 1.54) is 35.0 Å². The molecule has 0 saturated heterocycles. The lowest BCUT2D eigenvalue weighted by molar-refractivity contribution is -0.384. The van der Waals surface area contributed by atoms with E-state index in [4.69, 9.17) is 21.1 Å². The van der Waals surface area contributed by atoms with Crippen molar-refractivity contribution in [3.63, 3.8) is 0 Å². The molecule has 1 aromatic carbocycles. The highest BCUT2D eigenvalue weighted by Gasteiger charge is 2.20. The third-order valence-electron chi connectivity index (χ3n) is 4.08. The first-order chi connectivity index (χ1) is 13.6. The summed E-state index contributed by atoms with van der Waals surface area (Å²) in [6, 6.07) is 6.48. The summed E-state index contributed by atoms with van der Waals surface area (Å²) in [5.74, 6) is -0.599. The van der Waals surface area contributed by atoms with Gasteiger partial charge in [-0.1, -0.05) is 25.7 Å². The second kappa shape index (κ2) is 8.43. The largest absolute Gasteiger partial charge is 0.438 e. The zero-order valence-corrected chi connectivity index (χ0v) is 17.9. The Morgan fingerprint density at radius 2 is 2.07 bits per heavy atom. The highest BCUT2D eigenvalue weighted by Crippen LogP contribution is 2.32. The SMILES string of the molecule is C[Si](C)(C)CCOCn1cc(F)c2c(Oc3cccc([N+](=O)[O-])c3)nc(Cl)nc21. The van der Waals surface area contributed by atoms with E-state index >= 15 is 0 Å². The molecule has 0 aliphatic heterocycles. The first-order valence-corrected chi connectivity index (χ1v) is 12.9. The molecule has 8 nitrogen and oxygen atoms in total. The van der Waals surface area contributed by atoms with E-state index in [1.54, 1.807) is 0 Å². The number of rotatable bonds is 8. The molecular formula is C18H20ClFN4O4Si. The molecule has 0 N–H and O–H groups in total. The summed E-state index contributed by atoms with van der Waals surface area (Å²) in [4.78, 5) is 18.4. The van der Waals surface area contributed by atoms with Gasteiger partial charge in [0, 0.05) is 26.9 Å². The molecule has 0 aliphatic rings. The maximum atomic E-state index is 14.6. The molecule has 0 bridgehead atoms. The Labute approximate surface area is 172 Å². The predicted octanol–water partition coefficient (Wildman–Crippen LogP) is 5.24. The Morgan fingerprint density at radius 3 is 2.76 bits per heavy atom. The van der Waals surface area contributed by atoms with Crippen LogP contribution in [0.25, 0.3) is 11.0 Å². The fraction of sp³-hybridized carbons (Fsp3) is 0.333. The molecular weight excluding hydrogens is 419 g/mol. The minimum atomic E-state index is -1.24. The van der Waals surface area contributed by atoms with Crippen LogP contribution in [0.4, 0.5) is 10.1 Å². The summed E-state index contributed by atoms with van der Waals surface area (Å²) in [6.45, 7) is 7.39. The Balaban J connectivity index is 1.88. The molecule has 3 rings (SSSR count). The van der Waals surface area contributed by atoms with Crippen LogP contribution in [0.2, 0.25) is 31.0 Å². The summed E-state index contributed by atoms with van der Waals surface area (Å²) in [5, 5.41) is 10.8. The number of nitro benzene ring substituents is 1. The average Bonchev–Trinajstić information content (AvgIpc) is 2.94. The Bertz CT molecular complexity index is 1050. The summed E-state index contributed by atoms with van der Waals surface area (Å²) >= 11 is 5.99. The van der Waals surface area contributed by atoms with Crippen LogP contribution in [0, 0.1) is 15.9 Å². The maximum Gasteiger partial charge on any atom is 0.273 e. The number of benzene rings is 1. The van der Waals surface area contributed by atoms with Gasteiger partial charge in [-0.05, 0) is 23.7 Å². The van der Waals surface area contributed by atoms with Crippen molar-refractivity contribution in [2.24, 2.45) is 0 Å². The van der Waals surface area contributed by atoms with Crippen molar-refractivity contribution in [1.82, 2.24) is 14.5 Å². The summed E-state index contributed by atoms with van der Waals surface area (Å²) in [6.07, 6.45) is 1.24.